The van der Waals surface area contributed by atoms with Crippen LogP contribution in [-0.2, 0) is 65.6 Å². The minimum Gasteiger partial charge on any atom is -0.370 e. The molecule has 74 heavy (non-hydrogen) atoms. The van der Waals surface area contributed by atoms with Crippen molar-refractivity contribution < 1.29 is 52.7 Å². The first-order valence-electron chi connectivity index (χ1n) is 23.6. The molecule has 11 amide bonds. The molecule has 19 N–H and O–H groups in total. The lowest BCUT2D eigenvalue weighted by Gasteiger charge is -2.31. The molecule has 2 aliphatic heterocycles. The average Bonchev–Trinajstić information content (AvgIpc) is 3.86. The van der Waals surface area contributed by atoms with Gasteiger partial charge < -0.3 is 76.5 Å². The van der Waals surface area contributed by atoms with Crippen molar-refractivity contribution in [2.45, 2.75) is 106 Å². The number of hydrogen-bond donors (Lipinski definition) is 13. The van der Waals surface area contributed by atoms with E-state index in [9.17, 15) is 52.7 Å². The number of carbonyl (C=O) groups is 11. The maximum Gasteiger partial charge on any atom is 0.246 e. The van der Waals surface area contributed by atoms with E-state index in [0.29, 0.717) is 17.5 Å². The van der Waals surface area contributed by atoms with Crippen LogP contribution in [0.3, 0.4) is 0 Å². The molecule has 0 aliphatic carbocycles. The number of hydrogen-bond acceptors (Lipinski definition) is 15. The molecule has 0 bridgehead atoms. The van der Waals surface area contributed by atoms with Crippen LogP contribution >= 0.6 is 21.6 Å². The molecular weight excluding hydrogens is 1000 g/mol. The molecule has 4 rings (SSSR count). The molecule has 26 nitrogen and oxygen atoms in total. The molecule has 2 aliphatic rings. The van der Waals surface area contributed by atoms with Crippen molar-refractivity contribution in [2.75, 3.05) is 31.1 Å². The molecule has 2 fully saturated rings. The van der Waals surface area contributed by atoms with Gasteiger partial charge in [-0.1, -0.05) is 82.3 Å². The highest BCUT2D eigenvalue weighted by Gasteiger charge is 2.40. The molecule has 0 saturated carbocycles. The van der Waals surface area contributed by atoms with Gasteiger partial charge in [-0.3, -0.25) is 57.7 Å². The molecule has 0 radical (unpaired) electrons. The quantitative estimate of drug-likeness (QED) is 0.0271. The van der Waals surface area contributed by atoms with Gasteiger partial charge in [0.05, 0.1) is 19.0 Å². The molecule has 2 aromatic rings. The Bertz CT molecular complexity index is 2360. The van der Waals surface area contributed by atoms with E-state index in [1.54, 1.807) is 60.7 Å². The van der Waals surface area contributed by atoms with Gasteiger partial charge in [0.25, 0.3) is 0 Å². The SMILES string of the molecule is NC(=O)CC[C@@H]1NC(=O)[C@H](Cc2ccccc2)NC(=O)[C@H](Cc2ccccc2)NC(=O)[C@@H](N)CSSC[C@@H](C(=O)N2CCC[C@H]2C(=O)N[C@@H](CCCN=C(N)N)C(=O)NCC(N)=O)NC(=O)[C@H](CC(N)=O)NC1=O. The summed E-state index contributed by atoms with van der Waals surface area (Å²) in [5.41, 5.74) is 34.6. The zero-order valence-corrected chi connectivity index (χ0v) is 42.1. The van der Waals surface area contributed by atoms with Crippen molar-refractivity contribution in [3.63, 3.8) is 0 Å². The smallest absolute Gasteiger partial charge is 0.246 e. The van der Waals surface area contributed by atoms with Crippen molar-refractivity contribution in [3.8, 4) is 0 Å². The Morgan fingerprint density at radius 3 is 1.78 bits per heavy atom. The Morgan fingerprint density at radius 1 is 0.676 bits per heavy atom. The number of nitrogens with two attached hydrogens (primary N) is 6. The number of primary amides is 3. The number of nitrogens with one attached hydrogen (secondary N) is 7. The number of rotatable bonds is 19. The van der Waals surface area contributed by atoms with Gasteiger partial charge in [0, 0.05) is 43.9 Å². The molecule has 2 saturated heterocycles. The second-order valence-corrected chi connectivity index (χ2v) is 20.0. The highest BCUT2D eigenvalue weighted by Crippen LogP contribution is 2.26. The molecular formula is C46H65N15O11S2. The molecule has 2 aromatic carbocycles. The van der Waals surface area contributed by atoms with Crippen LogP contribution in [0.15, 0.2) is 65.7 Å². The summed E-state index contributed by atoms with van der Waals surface area (Å²) < 4.78 is 0. The zero-order valence-electron chi connectivity index (χ0n) is 40.5. The molecule has 28 heteroatoms. The summed E-state index contributed by atoms with van der Waals surface area (Å²) in [6, 6.07) is 6.07. The molecule has 8 atom stereocenters. The third-order valence-electron chi connectivity index (χ3n) is 11.6. The van der Waals surface area contributed by atoms with Crippen molar-refractivity contribution in [1.82, 2.24) is 42.1 Å². The number of likely N-dealkylation sites (tertiary alicyclic amines) is 1. The minimum absolute atomic E-state index is 0.00960. The van der Waals surface area contributed by atoms with Crippen LogP contribution in [0.25, 0.3) is 0 Å². The topological polar surface area (TPSA) is 444 Å². The first-order chi connectivity index (χ1) is 35.2. The van der Waals surface area contributed by atoms with Crippen LogP contribution in [-0.4, -0.2) is 155 Å². The zero-order chi connectivity index (χ0) is 54.3. The van der Waals surface area contributed by atoms with Crippen molar-refractivity contribution in [1.29, 1.82) is 0 Å². The second kappa shape index (κ2) is 29.9. The lowest BCUT2D eigenvalue weighted by atomic mass is 10.0. The molecule has 0 spiro atoms. The Kier molecular flexibility index (Phi) is 23.9. The Hall–Kier alpha value is -7.46. The lowest BCUT2D eigenvalue weighted by Crippen LogP contribution is -2.61. The van der Waals surface area contributed by atoms with Gasteiger partial charge in [0.2, 0.25) is 65.0 Å². The Morgan fingerprint density at radius 2 is 1.22 bits per heavy atom. The van der Waals surface area contributed by atoms with Crippen LogP contribution in [0, 0.1) is 0 Å². The van der Waals surface area contributed by atoms with Gasteiger partial charge in [-0.05, 0) is 43.2 Å². The number of benzene rings is 2. The van der Waals surface area contributed by atoms with Gasteiger partial charge in [-0.15, -0.1) is 0 Å². The maximum atomic E-state index is 14.6. The highest BCUT2D eigenvalue weighted by molar-refractivity contribution is 8.76. The Labute approximate surface area is 434 Å². The number of aliphatic imine (C=N–C) groups is 1. The van der Waals surface area contributed by atoms with E-state index in [1.807, 2.05) is 0 Å². The summed E-state index contributed by atoms with van der Waals surface area (Å²) in [5.74, 6) is -10.2. The first kappa shape index (κ1) is 59.1. The minimum atomic E-state index is -1.78. The summed E-state index contributed by atoms with van der Waals surface area (Å²) in [7, 11) is 2.04. The van der Waals surface area contributed by atoms with E-state index < -0.39 is 139 Å². The normalized spacial score (nSPS) is 22.7. The third kappa shape index (κ3) is 19.9. The largest absolute Gasteiger partial charge is 0.370 e. The van der Waals surface area contributed by atoms with E-state index in [1.165, 1.54) is 4.90 Å². The van der Waals surface area contributed by atoms with Crippen molar-refractivity contribution in [3.05, 3.63) is 71.8 Å². The van der Waals surface area contributed by atoms with Crippen LogP contribution in [0.1, 0.15) is 56.1 Å². The fraction of sp³-hybridized carbons (Fsp3) is 0.478. The fourth-order valence-corrected chi connectivity index (χ4v) is 10.1. The van der Waals surface area contributed by atoms with Gasteiger partial charge in [0.1, 0.15) is 42.3 Å². The van der Waals surface area contributed by atoms with Crippen LogP contribution in [0.5, 0.6) is 0 Å². The number of nitrogens with zero attached hydrogens (tertiary/aromatic N) is 2. The van der Waals surface area contributed by atoms with E-state index >= 15 is 0 Å². The Balaban J connectivity index is 1.70. The van der Waals surface area contributed by atoms with E-state index in [-0.39, 0.29) is 62.7 Å². The fourth-order valence-electron chi connectivity index (χ4n) is 7.78. The van der Waals surface area contributed by atoms with E-state index in [4.69, 9.17) is 34.4 Å². The number of guanidine groups is 1. The number of amides is 11. The predicted molar refractivity (Wildman–Crippen MR) is 274 cm³/mol. The monoisotopic (exact) mass is 1070 g/mol. The van der Waals surface area contributed by atoms with Crippen molar-refractivity contribution in [2.24, 2.45) is 39.4 Å². The van der Waals surface area contributed by atoms with E-state index in [2.05, 4.69) is 42.2 Å². The van der Waals surface area contributed by atoms with Gasteiger partial charge in [-0.2, -0.15) is 0 Å². The lowest BCUT2D eigenvalue weighted by molar-refractivity contribution is -0.142. The first-order valence-corrected chi connectivity index (χ1v) is 26.1. The van der Waals surface area contributed by atoms with Gasteiger partial charge >= 0.3 is 0 Å². The summed E-state index contributed by atoms with van der Waals surface area (Å²) in [5, 5.41) is 17.9. The predicted octanol–water partition coefficient (Wildman–Crippen LogP) is -5.11. The van der Waals surface area contributed by atoms with Crippen LogP contribution in [0.2, 0.25) is 0 Å². The molecule has 2 heterocycles. The summed E-state index contributed by atoms with van der Waals surface area (Å²) in [4.78, 5) is 153. The van der Waals surface area contributed by atoms with Gasteiger partial charge in [0.15, 0.2) is 5.96 Å². The standard InChI is InChI=1S/C46H65N15O11S2/c47-27-23-73-74-24-33(45(72)61-18-8-14-34(61)44(71)56-28(13-7-17-53-46(51)52)39(66)54-22-37(50)64)60-43(70)32(21-36(49)63)59-40(67)29(15-16-35(48)62)55-41(68)31(20-26-11-5-2-6-12-26)58-42(69)30(57-38(27)65)19-25-9-3-1-4-10-25/h1-6,9-12,27-34H,7-8,13-24,47H2,(H2,48,62)(H2,49,63)(H2,50,64)(H,54,66)(H,55,68)(H,56,71)(H,57,65)(H,58,69)(H,59,67)(H,60,70)(H4,51,52,53)/t27-,28-,29-,30-,31-,32-,33-,34-/m0/s1. The van der Waals surface area contributed by atoms with E-state index in [0.717, 1.165) is 21.6 Å². The highest BCUT2D eigenvalue weighted by atomic mass is 33.1. The maximum absolute atomic E-state index is 14.6. The average molecular weight is 1070 g/mol. The molecule has 0 unspecified atom stereocenters. The summed E-state index contributed by atoms with van der Waals surface area (Å²) >= 11 is 0. The summed E-state index contributed by atoms with van der Waals surface area (Å²) in [6.45, 7) is -0.416. The molecule has 0 aromatic heterocycles. The van der Waals surface area contributed by atoms with Crippen molar-refractivity contribution >= 4 is 92.5 Å². The van der Waals surface area contributed by atoms with Gasteiger partial charge in [-0.25, -0.2) is 0 Å². The van der Waals surface area contributed by atoms with Crippen LogP contribution in [0.4, 0.5) is 0 Å². The van der Waals surface area contributed by atoms with Crippen LogP contribution < -0.4 is 71.6 Å². The summed E-state index contributed by atoms with van der Waals surface area (Å²) in [6.07, 6.45) is -1.14. The second-order valence-electron chi connectivity index (χ2n) is 17.4. The number of carbonyl (C=O) groups excluding carboxylic acids is 11. The molecule has 402 valence electrons. The third-order valence-corrected chi connectivity index (χ3v) is 14.0.